The lowest BCUT2D eigenvalue weighted by Crippen LogP contribution is -2.36. The number of hydrogen-bond donors (Lipinski definition) is 1. The summed E-state index contributed by atoms with van der Waals surface area (Å²) in [5.41, 5.74) is 0.445. The fourth-order valence-electron chi connectivity index (χ4n) is 1.67. The average molecular weight is 243 g/mol. The Hall–Kier alpha value is -1.00. The van der Waals surface area contributed by atoms with E-state index in [1.54, 1.807) is 6.92 Å². The van der Waals surface area contributed by atoms with E-state index in [9.17, 15) is 13.9 Å². The Kier molecular flexibility index (Phi) is 5.02. The second-order valence-electron chi connectivity index (χ2n) is 4.61. The molecule has 2 nitrogen and oxygen atoms in total. The van der Waals surface area contributed by atoms with Crippen molar-refractivity contribution in [3.63, 3.8) is 0 Å². The summed E-state index contributed by atoms with van der Waals surface area (Å²) in [5, 5.41) is 9.37. The lowest BCUT2D eigenvalue weighted by molar-refractivity contribution is 0.102. The van der Waals surface area contributed by atoms with Gasteiger partial charge in [0.15, 0.2) is 0 Å². The molecule has 0 aliphatic heterocycles. The van der Waals surface area contributed by atoms with E-state index < -0.39 is 17.7 Å². The van der Waals surface area contributed by atoms with E-state index in [4.69, 9.17) is 0 Å². The van der Waals surface area contributed by atoms with Gasteiger partial charge in [0.2, 0.25) is 0 Å². The Morgan fingerprint density at radius 2 is 1.88 bits per heavy atom. The first-order valence-corrected chi connectivity index (χ1v) is 5.76. The molecule has 17 heavy (non-hydrogen) atoms. The second-order valence-corrected chi connectivity index (χ2v) is 4.61. The normalized spacial score (nSPS) is 13.4. The van der Waals surface area contributed by atoms with Gasteiger partial charge in [-0.25, -0.2) is 8.78 Å². The molecule has 0 spiro atoms. The molecule has 0 aliphatic rings. The molecule has 1 aromatic rings. The Balaban J connectivity index is 2.78. The third-order valence-electron chi connectivity index (χ3n) is 2.62. The van der Waals surface area contributed by atoms with Crippen LogP contribution in [0.25, 0.3) is 0 Å². The lowest BCUT2D eigenvalue weighted by atomic mass is 10.1. The first-order valence-electron chi connectivity index (χ1n) is 5.76. The van der Waals surface area contributed by atoms with Gasteiger partial charge in [-0.3, -0.25) is 4.90 Å². The highest BCUT2D eigenvalue weighted by atomic mass is 19.1. The van der Waals surface area contributed by atoms with Gasteiger partial charge >= 0.3 is 0 Å². The van der Waals surface area contributed by atoms with E-state index in [1.165, 1.54) is 12.1 Å². The minimum absolute atomic E-state index is 0.189. The van der Waals surface area contributed by atoms with Crippen molar-refractivity contribution in [2.75, 3.05) is 6.54 Å². The molecule has 0 aromatic heterocycles. The van der Waals surface area contributed by atoms with Crippen molar-refractivity contribution >= 4 is 0 Å². The number of benzene rings is 1. The topological polar surface area (TPSA) is 23.5 Å². The first kappa shape index (κ1) is 14.1. The molecular weight excluding hydrogens is 224 g/mol. The van der Waals surface area contributed by atoms with Crippen molar-refractivity contribution in [3.05, 3.63) is 35.4 Å². The molecule has 0 amide bonds. The summed E-state index contributed by atoms with van der Waals surface area (Å²) in [6.45, 7) is 6.48. The van der Waals surface area contributed by atoms with E-state index in [0.29, 0.717) is 18.7 Å². The van der Waals surface area contributed by atoms with E-state index in [2.05, 4.69) is 0 Å². The van der Waals surface area contributed by atoms with Gasteiger partial charge in [0, 0.05) is 30.8 Å². The molecule has 1 rings (SSSR count). The zero-order chi connectivity index (χ0) is 13.0. The average Bonchev–Trinajstić information content (AvgIpc) is 2.19. The zero-order valence-electron chi connectivity index (χ0n) is 10.5. The van der Waals surface area contributed by atoms with Gasteiger partial charge in [0.05, 0.1) is 6.10 Å². The quantitative estimate of drug-likeness (QED) is 0.859. The van der Waals surface area contributed by atoms with Crippen LogP contribution < -0.4 is 0 Å². The Labute approximate surface area is 101 Å². The van der Waals surface area contributed by atoms with Crippen molar-refractivity contribution in [1.29, 1.82) is 0 Å². The fraction of sp³-hybridized carbons (Fsp3) is 0.538. The standard InChI is InChI=1S/C13H19F2NO/c1-9(2)16(7-10(3)17)8-11-4-5-12(14)6-13(11)15/h4-6,9-10,17H,7-8H2,1-3H3. The Bertz CT molecular complexity index is 366. The van der Waals surface area contributed by atoms with Gasteiger partial charge in [0.1, 0.15) is 11.6 Å². The molecule has 1 aromatic carbocycles. The number of halogens is 2. The van der Waals surface area contributed by atoms with Crippen LogP contribution in [-0.4, -0.2) is 28.7 Å². The number of aliphatic hydroxyl groups is 1. The van der Waals surface area contributed by atoms with Crippen LogP contribution in [-0.2, 0) is 6.54 Å². The summed E-state index contributed by atoms with van der Waals surface area (Å²) in [4.78, 5) is 1.95. The first-order chi connectivity index (χ1) is 7.90. The highest BCUT2D eigenvalue weighted by Gasteiger charge is 2.14. The van der Waals surface area contributed by atoms with Crippen LogP contribution >= 0.6 is 0 Å². The molecule has 0 aliphatic carbocycles. The highest BCUT2D eigenvalue weighted by Crippen LogP contribution is 2.14. The van der Waals surface area contributed by atoms with E-state index in [1.807, 2.05) is 18.7 Å². The lowest BCUT2D eigenvalue weighted by Gasteiger charge is -2.27. The van der Waals surface area contributed by atoms with Crippen molar-refractivity contribution in [3.8, 4) is 0 Å². The zero-order valence-corrected chi connectivity index (χ0v) is 10.5. The maximum Gasteiger partial charge on any atom is 0.130 e. The largest absolute Gasteiger partial charge is 0.392 e. The molecule has 1 unspecified atom stereocenters. The number of nitrogens with zero attached hydrogens (tertiary/aromatic N) is 1. The van der Waals surface area contributed by atoms with Crippen molar-refractivity contribution < 1.29 is 13.9 Å². The molecule has 0 bridgehead atoms. The van der Waals surface area contributed by atoms with Crippen LogP contribution in [0.4, 0.5) is 8.78 Å². The van der Waals surface area contributed by atoms with E-state index in [-0.39, 0.29) is 6.04 Å². The molecule has 1 atom stereocenters. The summed E-state index contributed by atoms with van der Waals surface area (Å²) in [6.07, 6.45) is -0.471. The molecule has 96 valence electrons. The number of rotatable bonds is 5. The monoisotopic (exact) mass is 243 g/mol. The summed E-state index contributed by atoms with van der Waals surface area (Å²) >= 11 is 0. The summed E-state index contributed by atoms with van der Waals surface area (Å²) in [7, 11) is 0. The summed E-state index contributed by atoms with van der Waals surface area (Å²) in [5.74, 6) is -1.11. The maximum atomic E-state index is 13.5. The predicted octanol–water partition coefficient (Wildman–Crippen LogP) is 2.56. The summed E-state index contributed by atoms with van der Waals surface area (Å²) < 4.78 is 26.2. The van der Waals surface area contributed by atoms with Crippen LogP contribution in [0, 0.1) is 11.6 Å². The molecule has 0 saturated heterocycles. The van der Waals surface area contributed by atoms with Crippen LogP contribution in [0.5, 0.6) is 0 Å². The second kappa shape index (κ2) is 6.07. The van der Waals surface area contributed by atoms with Gasteiger partial charge in [0.25, 0.3) is 0 Å². The van der Waals surface area contributed by atoms with Crippen LogP contribution in [0.1, 0.15) is 26.3 Å². The molecule has 1 N–H and O–H groups in total. The molecule has 4 heteroatoms. The SMILES string of the molecule is CC(O)CN(Cc1ccc(F)cc1F)C(C)C. The minimum Gasteiger partial charge on any atom is -0.392 e. The number of aliphatic hydroxyl groups excluding tert-OH is 1. The molecule has 0 saturated carbocycles. The van der Waals surface area contributed by atoms with E-state index >= 15 is 0 Å². The molecule has 0 fully saturated rings. The predicted molar refractivity (Wildman–Crippen MR) is 63.6 cm³/mol. The fourth-order valence-corrected chi connectivity index (χ4v) is 1.67. The van der Waals surface area contributed by atoms with Crippen LogP contribution in [0.15, 0.2) is 18.2 Å². The van der Waals surface area contributed by atoms with Crippen molar-refractivity contribution in [2.24, 2.45) is 0 Å². The molecular formula is C13H19F2NO. The third-order valence-corrected chi connectivity index (χ3v) is 2.62. The van der Waals surface area contributed by atoms with Gasteiger partial charge in [-0.15, -0.1) is 0 Å². The van der Waals surface area contributed by atoms with Gasteiger partial charge in [-0.1, -0.05) is 6.07 Å². The van der Waals surface area contributed by atoms with Crippen LogP contribution in [0.2, 0.25) is 0 Å². The maximum absolute atomic E-state index is 13.5. The van der Waals surface area contributed by atoms with Crippen molar-refractivity contribution in [2.45, 2.75) is 39.5 Å². The summed E-state index contributed by atoms with van der Waals surface area (Å²) in [6, 6.07) is 3.77. The third kappa shape index (κ3) is 4.40. The van der Waals surface area contributed by atoms with Crippen molar-refractivity contribution in [1.82, 2.24) is 4.90 Å². The minimum atomic E-state index is -0.571. The van der Waals surface area contributed by atoms with Gasteiger partial charge in [-0.2, -0.15) is 0 Å². The van der Waals surface area contributed by atoms with Gasteiger partial charge < -0.3 is 5.11 Å². The Morgan fingerprint density at radius 1 is 1.24 bits per heavy atom. The van der Waals surface area contributed by atoms with Crippen LogP contribution in [0.3, 0.4) is 0 Å². The molecule has 0 radical (unpaired) electrons. The molecule has 0 heterocycles. The Morgan fingerprint density at radius 3 is 2.35 bits per heavy atom. The van der Waals surface area contributed by atoms with E-state index in [0.717, 1.165) is 6.07 Å². The van der Waals surface area contributed by atoms with Gasteiger partial charge in [-0.05, 0) is 26.8 Å². The highest BCUT2D eigenvalue weighted by molar-refractivity contribution is 5.18. The number of hydrogen-bond acceptors (Lipinski definition) is 2. The smallest absolute Gasteiger partial charge is 0.130 e.